The molecule has 1 aliphatic rings. The van der Waals surface area contributed by atoms with Gasteiger partial charge in [0.15, 0.2) is 0 Å². The third kappa shape index (κ3) is 2.43. The number of hydrogen-bond acceptors (Lipinski definition) is 3. The molecule has 1 rings (SSSR count). The minimum atomic E-state index is -2.89. The second-order valence-electron chi connectivity index (χ2n) is 2.30. The second-order valence-corrected chi connectivity index (χ2v) is 8.64. The Morgan fingerprint density at radius 3 is 2.46 bits per heavy atom. The third-order valence-corrected chi connectivity index (χ3v) is 8.18. The summed E-state index contributed by atoms with van der Waals surface area (Å²) in [6.45, 7) is 3.47. The minimum absolute atomic E-state index is 0.0194. The predicted molar refractivity (Wildman–Crippen MR) is 52.7 cm³/mol. The molecule has 0 aromatic carbocycles. The highest BCUT2D eigenvalue weighted by Crippen LogP contribution is 2.71. The summed E-state index contributed by atoms with van der Waals surface area (Å²) in [4.78, 5) is 0. The van der Waals surface area contributed by atoms with Gasteiger partial charge >= 0.3 is 8.53 Å². The monoisotopic (exact) mass is 251 g/mol. The highest BCUT2D eigenvalue weighted by Gasteiger charge is 2.39. The summed E-state index contributed by atoms with van der Waals surface area (Å²) in [6.07, 6.45) is 0.910. The van der Waals surface area contributed by atoms with Gasteiger partial charge in [0.25, 0.3) is 0 Å². The maximum absolute atomic E-state index is 13.0. The van der Waals surface area contributed by atoms with Crippen molar-refractivity contribution in [3.8, 4) is 0 Å². The zero-order chi connectivity index (χ0) is 10.0. The summed E-state index contributed by atoms with van der Waals surface area (Å²) in [7, 11) is -6.14. The Hall–Kier alpha value is 0.800. The molecule has 0 aromatic heterocycles. The van der Waals surface area contributed by atoms with Crippen LogP contribution in [0.5, 0.6) is 0 Å². The number of halogens is 3. The highest BCUT2D eigenvalue weighted by molar-refractivity contribution is 7.76. The maximum Gasteiger partial charge on any atom is 0.304 e. The van der Waals surface area contributed by atoms with Gasteiger partial charge in [0.2, 0.25) is 0 Å². The van der Waals surface area contributed by atoms with Gasteiger partial charge in [-0.05, 0) is 15.5 Å². The van der Waals surface area contributed by atoms with E-state index in [0.29, 0.717) is 12.3 Å². The zero-order valence-electron chi connectivity index (χ0n) is 7.28. The lowest BCUT2D eigenvalue weighted by molar-refractivity contribution is 0.202. The van der Waals surface area contributed by atoms with Gasteiger partial charge in [0.1, 0.15) is 8.22 Å². The number of nitrogens with zero attached hydrogens (tertiary/aromatic N) is 3. The number of rotatable bonds is 2. The van der Waals surface area contributed by atoms with Crippen LogP contribution in [0.1, 0.15) is 13.8 Å². The Balaban J connectivity index is 2.86. The van der Waals surface area contributed by atoms with Crippen LogP contribution in [0, 0.1) is 0 Å². The van der Waals surface area contributed by atoms with Crippen LogP contribution in [0.4, 0.5) is 13.2 Å². The molecule has 0 aliphatic carbocycles. The molecule has 0 fully saturated rings. The van der Waals surface area contributed by atoms with Gasteiger partial charge in [-0.25, -0.2) is 4.52 Å². The molecule has 13 heavy (non-hydrogen) atoms. The molecular weight excluding hydrogens is 240 g/mol. The largest absolute Gasteiger partial charge is 0.304 e. The van der Waals surface area contributed by atoms with Crippen molar-refractivity contribution in [1.82, 2.24) is 9.33 Å². The van der Waals surface area contributed by atoms with Crippen LogP contribution in [-0.2, 0) is 0 Å². The molecule has 3 unspecified atom stereocenters. The van der Waals surface area contributed by atoms with Crippen LogP contribution in [0.15, 0.2) is 4.52 Å². The van der Waals surface area contributed by atoms with E-state index in [4.69, 9.17) is 0 Å². The summed E-state index contributed by atoms with van der Waals surface area (Å²) >= 11 is 0. The van der Waals surface area contributed by atoms with Crippen molar-refractivity contribution in [2.24, 2.45) is 4.52 Å². The first-order valence-electron chi connectivity index (χ1n) is 3.84. The molecule has 3 atom stereocenters. The van der Waals surface area contributed by atoms with Crippen molar-refractivity contribution < 1.29 is 13.2 Å². The van der Waals surface area contributed by atoms with Crippen molar-refractivity contribution in [1.29, 1.82) is 0 Å². The van der Waals surface area contributed by atoms with E-state index in [0.717, 1.165) is 0 Å². The lowest BCUT2D eigenvalue weighted by atomic mass is 11.0. The molecule has 9 heteroatoms. The topological polar surface area (TPSA) is 18.8 Å². The lowest BCUT2D eigenvalue weighted by Gasteiger charge is -2.30. The predicted octanol–water partition coefficient (Wildman–Crippen LogP) is 4.23. The Bertz CT molecular complexity index is 216. The van der Waals surface area contributed by atoms with E-state index < -0.39 is 24.6 Å². The molecule has 0 saturated heterocycles. The Morgan fingerprint density at radius 2 is 2.00 bits per heavy atom. The van der Waals surface area contributed by atoms with Crippen molar-refractivity contribution in [3.63, 3.8) is 0 Å². The molecule has 0 aromatic rings. The molecule has 3 nitrogen and oxygen atoms in total. The first kappa shape index (κ1) is 11.9. The van der Waals surface area contributed by atoms with Crippen molar-refractivity contribution in [2.75, 3.05) is 12.3 Å². The molecule has 0 amide bonds. The first-order valence-corrected chi connectivity index (χ1v) is 8.01. The molecule has 1 heterocycles. The summed E-state index contributed by atoms with van der Waals surface area (Å²) in [5, 5.41) is 0. The van der Waals surface area contributed by atoms with Gasteiger partial charge in [0, 0.05) is 6.16 Å². The third-order valence-electron chi connectivity index (χ3n) is 1.51. The van der Waals surface area contributed by atoms with E-state index in [1.165, 1.54) is 0 Å². The summed E-state index contributed by atoms with van der Waals surface area (Å²) in [5.41, 5.74) is 0. The summed E-state index contributed by atoms with van der Waals surface area (Å²) in [6, 6.07) is 0. The Kier molecular flexibility index (Phi) is 4.61. The van der Waals surface area contributed by atoms with Crippen molar-refractivity contribution in [2.45, 2.75) is 13.8 Å². The number of hydrogen-bond donors (Lipinski definition) is 0. The van der Waals surface area contributed by atoms with E-state index in [1.807, 2.05) is 0 Å². The second kappa shape index (κ2) is 5.04. The lowest BCUT2D eigenvalue weighted by Crippen LogP contribution is -2.10. The van der Waals surface area contributed by atoms with Gasteiger partial charge in [-0.1, -0.05) is 13.8 Å². The van der Waals surface area contributed by atoms with E-state index in [9.17, 15) is 13.2 Å². The average molecular weight is 251 g/mol. The van der Waals surface area contributed by atoms with E-state index in [2.05, 4.69) is 4.52 Å². The van der Waals surface area contributed by atoms with Crippen LogP contribution < -0.4 is 0 Å². The Morgan fingerprint density at radius 1 is 1.38 bits per heavy atom. The molecule has 78 valence electrons. The molecule has 0 bridgehead atoms. The molecule has 0 saturated carbocycles. The summed E-state index contributed by atoms with van der Waals surface area (Å²) in [5.74, 6) is 0. The fourth-order valence-corrected chi connectivity index (χ4v) is 7.89. The van der Waals surface area contributed by atoms with E-state index >= 15 is 0 Å². The zero-order valence-corrected chi connectivity index (χ0v) is 10.1. The SMILES string of the molecule is CCP1N=[PH](CC)N(F)P(F)N1F. The summed E-state index contributed by atoms with van der Waals surface area (Å²) < 4.78 is 42.8. The highest BCUT2D eigenvalue weighted by atomic mass is 31.3. The van der Waals surface area contributed by atoms with Gasteiger partial charge in [-0.2, -0.15) is 4.20 Å². The van der Waals surface area contributed by atoms with Gasteiger partial charge in [-0.15, -0.1) is 8.96 Å². The molecule has 1 aliphatic heterocycles. The Labute approximate surface area is 78.5 Å². The quantitative estimate of drug-likeness (QED) is 0.540. The van der Waals surface area contributed by atoms with E-state index in [1.54, 1.807) is 13.8 Å². The maximum atomic E-state index is 13.0. The van der Waals surface area contributed by atoms with Gasteiger partial charge in [0.05, 0.1) is 7.86 Å². The van der Waals surface area contributed by atoms with Crippen molar-refractivity contribution in [3.05, 3.63) is 0 Å². The standard InChI is InChI=1S/C4H11F3N3P3/c1-3-11-8-12(4-2)10(6)13(7)9(11)5/h11H,3-4H2,1-2H3. The fraction of sp³-hybridized carbons (Fsp3) is 1.00. The van der Waals surface area contributed by atoms with Crippen molar-refractivity contribution >= 4 is 24.6 Å². The van der Waals surface area contributed by atoms with Crippen LogP contribution in [-0.4, -0.2) is 21.6 Å². The van der Waals surface area contributed by atoms with Gasteiger partial charge in [-0.3, -0.25) is 0 Å². The van der Waals surface area contributed by atoms with Crippen LogP contribution >= 0.6 is 24.6 Å². The van der Waals surface area contributed by atoms with Crippen LogP contribution in [0.3, 0.4) is 0 Å². The molecule has 0 N–H and O–H groups in total. The minimum Gasteiger partial charge on any atom is -0.245 e. The van der Waals surface area contributed by atoms with Crippen LogP contribution in [0.25, 0.3) is 0 Å². The smallest absolute Gasteiger partial charge is 0.245 e. The fourth-order valence-electron chi connectivity index (χ4n) is 0.841. The van der Waals surface area contributed by atoms with Crippen LogP contribution in [0.2, 0.25) is 0 Å². The first-order chi connectivity index (χ1) is 6.11. The molecule has 0 spiro atoms. The average Bonchev–Trinajstić information content (AvgIpc) is 2.15. The van der Waals surface area contributed by atoms with Gasteiger partial charge < -0.3 is 0 Å². The molecule has 0 radical (unpaired) electrons. The molecular formula is C4H11F3N3P3. The normalized spacial score (nSPS) is 37.5. The van der Waals surface area contributed by atoms with E-state index in [-0.39, 0.29) is 9.33 Å².